The smallest absolute Gasteiger partial charge is 0.229 e. The van der Waals surface area contributed by atoms with Gasteiger partial charge in [0.15, 0.2) is 0 Å². The van der Waals surface area contributed by atoms with Crippen LogP contribution < -0.4 is 15.4 Å². The second-order valence-corrected chi connectivity index (χ2v) is 6.17. The summed E-state index contributed by atoms with van der Waals surface area (Å²) in [6.07, 6.45) is 1.73. The van der Waals surface area contributed by atoms with E-state index in [1.807, 2.05) is 78.9 Å². The van der Waals surface area contributed by atoms with E-state index < -0.39 is 0 Å². The van der Waals surface area contributed by atoms with Crippen molar-refractivity contribution in [1.82, 2.24) is 9.97 Å². The number of anilines is 3. The van der Waals surface area contributed by atoms with Crippen molar-refractivity contribution in [1.29, 1.82) is 0 Å². The molecule has 5 nitrogen and oxygen atoms in total. The van der Waals surface area contributed by atoms with E-state index in [0.29, 0.717) is 12.5 Å². The Morgan fingerprint density at radius 3 is 2.14 bits per heavy atom. The molecule has 0 aliphatic carbocycles. The lowest BCUT2D eigenvalue weighted by molar-refractivity contribution is 0.483. The standard InChI is InChI=1S/C23H20N4O/c1-3-7-18(8-4-1)17-25-22-15-16-24-23(27-22)26-19-11-13-21(14-12-19)28-20-9-5-2-6-10-20/h1-16H,17H2,(H2,24,25,26,27). The summed E-state index contributed by atoms with van der Waals surface area (Å²) in [4.78, 5) is 8.80. The van der Waals surface area contributed by atoms with Crippen LogP contribution in [-0.4, -0.2) is 9.97 Å². The van der Waals surface area contributed by atoms with Crippen molar-refractivity contribution in [2.75, 3.05) is 10.6 Å². The molecule has 0 saturated heterocycles. The Bertz CT molecular complexity index is 1010. The van der Waals surface area contributed by atoms with Gasteiger partial charge in [0.2, 0.25) is 5.95 Å². The zero-order valence-electron chi connectivity index (χ0n) is 15.2. The molecule has 5 heteroatoms. The predicted molar refractivity (Wildman–Crippen MR) is 112 cm³/mol. The minimum Gasteiger partial charge on any atom is -0.457 e. The molecule has 1 aromatic heterocycles. The predicted octanol–water partition coefficient (Wildman–Crippen LogP) is 5.62. The summed E-state index contributed by atoms with van der Waals surface area (Å²) in [6, 6.07) is 29.4. The molecule has 28 heavy (non-hydrogen) atoms. The number of nitrogens with one attached hydrogen (secondary N) is 2. The topological polar surface area (TPSA) is 59.1 Å². The lowest BCUT2D eigenvalue weighted by Crippen LogP contribution is -2.04. The van der Waals surface area contributed by atoms with Crippen LogP contribution >= 0.6 is 0 Å². The largest absolute Gasteiger partial charge is 0.457 e. The highest BCUT2D eigenvalue weighted by atomic mass is 16.5. The Kier molecular flexibility index (Phi) is 5.44. The Hall–Kier alpha value is -3.86. The molecular formula is C23H20N4O. The van der Waals surface area contributed by atoms with Crippen LogP contribution in [0.5, 0.6) is 11.5 Å². The van der Waals surface area contributed by atoms with E-state index in [0.717, 1.165) is 23.0 Å². The van der Waals surface area contributed by atoms with Gasteiger partial charge in [-0.25, -0.2) is 4.98 Å². The van der Waals surface area contributed by atoms with E-state index in [9.17, 15) is 0 Å². The fraction of sp³-hybridized carbons (Fsp3) is 0.0435. The molecule has 0 atom stereocenters. The maximum absolute atomic E-state index is 5.81. The molecule has 4 rings (SSSR count). The number of nitrogens with zero attached hydrogens (tertiary/aromatic N) is 2. The lowest BCUT2D eigenvalue weighted by atomic mass is 10.2. The van der Waals surface area contributed by atoms with Gasteiger partial charge in [-0.1, -0.05) is 48.5 Å². The van der Waals surface area contributed by atoms with Gasteiger partial charge in [-0.2, -0.15) is 4.98 Å². The van der Waals surface area contributed by atoms with Crippen molar-refractivity contribution in [3.63, 3.8) is 0 Å². The van der Waals surface area contributed by atoms with E-state index in [2.05, 4.69) is 32.7 Å². The molecule has 0 bridgehead atoms. The normalized spacial score (nSPS) is 10.3. The van der Waals surface area contributed by atoms with Gasteiger partial charge < -0.3 is 15.4 Å². The third-order valence-corrected chi connectivity index (χ3v) is 4.06. The average Bonchev–Trinajstić information content (AvgIpc) is 2.76. The van der Waals surface area contributed by atoms with Crippen molar-refractivity contribution in [3.8, 4) is 11.5 Å². The van der Waals surface area contributed by atoms with Crippen molar-refractivity contribution < 1.29 is 4.74 Å². The zero-order chi connectivity index (χ0) is 19.0. The minimum atomic E-state index is 0.537. The average molecular weight is 368 g/mol. The monoisotopic (exact) mass is 368 g/mol. The summed E-state index contributed by atoms with van der Waals surface area (Å²) in [6.45, 7) is 0.711. The summed E-state index contributed by atoms with van der Waals surface area (Å²) in [5, 5.41) is 6.53. The second kappa shape index (κ2) is 8.68. The van der Waals surface area contributed by atoms with Gasteiger partial charge >= 0.3 is 0 Å². The number of hydrogen-bond donors (Lipinski definition) is 2. The fourth-order valence-electron chi connectivity index (χ4n) is 2.67. The molecule has 0 aliphatic heterocycles. The molecule has 0 spiro atoms. The Morgan fingerprint density at radius 1 is 0.714 bits per heavy atom. The summed E-state index contributed by atoms with van der Waals surface area (Å²) >= 11 is 0. The molecule has 0 radical (unpaired) electrons. The summed E-state index contributed by atoms with van der Waals surface area (Å²) in [5.74, 6) is 2.89. The molecule has 3 aromatic carbocycles. The number of para-hydroxylation sites is 1. The highest BCUT2D eigenvalue weighted by Gasteiger charge is 2.02. The first-order chi connectivity index (χ1) is 13.8. The number of benzene rings is 3. The van der Waals surface area contributed by atoms with Gasteiger partial charge in [-0.3, -0.25) is 0 Å². The van der Waals surface area contributed by atoms with Gasteiger partial charge in [0.25, 0.3) is 0 Å². The van der Waals surface area contributed by atoms with Crippen LogP contribution in [0.3, 0.4) is 0 Å². The second-order valence-electron chi connectivity index (χ2n) is 6.17. The van der Waals surface area contributed by atoms with E-state index in [1.54, 1.807) is 6.20 Å². The van der Waals surface area contributed by atoms with E-state index >= 15 is 0 Å². The lowest BCUT2D eigenvalue weighted by Gasteiger charge is -2.09. The van der Waals surface area contributed by atoms with Gasteiger partial charge in [0.1, 0.15) is 17.3 Å². The molecule has 1 heterocycles. The van der Waals surface area contributed by atoms with Gasteiger partial charge in [-0.05, 0) is 48.0 Å². The highest BCUT2D eigenvalue weighted by molar-refractivity contribution is 5.56. The minimum absolute atomic E-state index is 0.537. The highest BCUT2D eigenvalue weighted by Crippen LogP contribution is 2.23. The maximum atomic E-state index is 5.81. The molecule has 0 fully saturated rings. The van der Waals surface area contributed by atoms with Crippen LogP contribution in [0.2, 0.25) is 0 Å². The molecule has 0 saturated carbocycles. The zero-order valence-corrected chi connectivity index (χ0v) is 15.2. The van der Waals surface area contributed by atoms with E-state index in [4.69, 9.17) is 4.74 Å². The molecule has 0 amide bonds. The van der Waals surface area contributed by atoms with Crippen LogP contribution in [0, 0.1) is 0 Å². The van der Waals surface area contributed by atoms with Crippen LogP contribution in [0.4, 0.5) is 17.5 Å². The van der Waals surface area contributed by atoms with Crippen LogP contribution in [0.15, 0.2) is 97.2 Å². The van der Waals surface area contributed by atoms with Gasteiger partial charge in [-0.15, -0.1) is 0 Å². The molecular weight excluding hydrogens is 348 g/mol. The third kappa shape index (κ3) is 4.86. The fourth-order valence-corrected chi connectivity index (χ4v) is 2.67. The quantitative estimate of drug-likeness (QED) is 0.443. The van der Waals surface area contributed by atoms with Crippen molar-refractivity contribution in [3.05, 3.63) is 103 Å². The maximum Gasteiger partial charge on any atom is 0.229 e. The number of hydrogen-bond acceptors (Lipinski definition) is 5. The summed E-state index contributed by atoms with van der Waals surface area (Å²) in [7, 11) is 0. The van der Waals surface area contributed by atoms with E-state index in [1.165, 1.54) is 5.56 Å². The molecule has 2 N–H and O–H groups in total. The SMILES string of the molecule is c1ccc(CNc2ccnc(Nc3ccc(Oc4ccccc4)cc3)n2)cc1. The van der Waals surface area contributed by atoms with Crippen molar-refractivity contribution in [2.45, 2.75) is 6.54 Å². The van der Waals surface area contributed by atoms with Crippen LogP contribution in [0.25, 0.3) is 0 Å². The van der Waals surface area contributed by atoms with Crippen molar-refractivity contribution >= 4 is 17.5 Å². The van der Waals surface area contributed by atoms with Crippen LogP contribution in [0.1, 0.15) is 5.56 Å². The Morgan fingerprint density at radius 2 is 1.39 bits per heavy atom. The van der Waals surface area contributed by atoms with Gasteiger partial charge in [0, 0.05) is 18.4 Å². The first-order valence-electron chi connectivity index (χ1n) is 9.06. The summed E-state index contributed by atoms with van der Waals surface area (Å²) < 4.78 is 5.81. The van der Waals surface area contributed by atoms with Crippen molar-refractivity contribution in [2.24, 2.45) is 0 Å². The molecule has 4 aromatic rings. The first-order valence-corrected chi connectivity index (χ1v) is 9.06. The molecule has 0 unspecified atom stereocenters. The van der Waals surface area contributed by atoms with Crippen LogP contribution in [-0.2, 0) is 6.54 Å². The Balaban J connectivity index is 1.37. The number of ether oxygens (including phenoxy) is 1. The number of rotatable bonds is 7. The van der Waals surface area contributed by atoms with E-state index in [-0.39, 0.29) is 0 Å². The molecule has 138 valence electrons. The third-order valence-electron chi connectivity index (χ3n) is 4.06. The number of aromatic nitrogens is 2. The summed E-state index contributed by atoms with van der Waals surface area (Å²) in [5.41, 5.74) is 2.09. The Labute approximate surface area is 164 Å². The first kappa shape index (κ1) is 17.5. The molecule has 0 aliphatic rings. The van der Waals surface area contributed by atoms with Gasteiger partial charge in [0.05, 0.1) is 0 Å².